The first-order valence-electron chi connectivity index (χ1n) is 6.71. The molecule has 0 radical (unpaired) electrons. The number of halogens is 2. The Hall–Kier alpha value is -2.31. The molecule has 2 aromatic rings. The largest absolute Gasteiger partial charge is 0.340 e. The van der Waals surface area contributed by atoms with Crippen molar-refractivity contribution >= 4 is 5.91 Å². The fourth-order valence-corrected chi connectivity index (χ4v) is 2.51. The monoisotopic (exact) mass is 292 g/mol. The Morgan fingerprint density at radius 3 is 2.76 bits per heavy atom. The van der Waals surface area contributed by atoms with E-state index in [4.69, 9.17) is 0 Å². The van der Waals surface area contributed by atoms with E-state index >= 15 is 0 Å². The average Bonchev–Trinajstić information content (AvgIpc) is 3.10. The molecule has 2 heterocycles. The minimum atomic E-state index is -0.687. The zero-order chi connectivity index (χ0) is 14.8. The maximum absolute atomic E-state index is 13.6. The van der Waals surface area contributed by atoms with Crippen molar-refractivity contribution in [3.8, 4) is 0 Å². The van der Waals surface area contributed by atoms with Crippen LogP contribution in [-0.2, 0) is 11.2 Å². The van der Waals surface area contributed by atoms with Gasteiger partial charge >= 0.3 is 0 Å². The third kappa shape index (κ3) is 2.91. The van der Waals surface area contributed by atoms with E-state index in [0.717, 1.165) is 18.6 Å². The molecule has 1 aromatic carbocycles. The van der Waals surface area contributed by atoms with Gasteiger partial charge in [-0.2, -0.15) is 15.0 Å². The summed E-state index contributed by atoms with van der Waals surface area (Å²) >= 11 is 0. The molecule has 1 aromatic heterocycles. The predicted octanol–water partition coefficient (Wildman–Crippen LogP) is 1.57. The van der Waals surface area contributed by atoms with Crippen molar-refractivity contribution in [1.82, 2.24) is 19.9 Å². The highest BCUT2D eigenvalue weighted by molar-refractivity contribution is 5.79. The molecule has 21 heavy (non-hydrogen) atoms. The van der Waals surface area contributed by atoms with E-state index in [0.29, 0.717) is 13.1 Å². The van der Waals surface area contributed by atoms with Gasteiger partial charge in [-0.1, -0.05) is 6.07 Å². The van der Waals surface area contributed by atoms with Crippen LogP contribution in [-0.4, -0.2) is 38.9 Å². The molecule has 0 saturated carbocycles. The second kappa shape index (κ2) is 5.59. The number of aromatic nitrogens is 3. The summed E-state index contributed by atoms with van der Waals surface area (Å²) in [5.74, 6) is -1.50. The first-order valence-corrected chi connectivity index (χ1v) is 6.71. The second-order valence-corrected chi connectivity index (χ2v) is 5.04. The third-order valence-corrected chi connectivity index (χ3v) is 3.64. The minimum Gasteiger partial charge on any atom is -0.340 e. The van der Waals surface area contributed by atoms with E-state index < -0.39 is 11.6 Å². The fraction of sp³-hybridized carbons (Fsp3) is 0.357. The number of amides is 1. The Bertz CT molecular complexity index is 644. The van der Waals surface area contributed by atoms with Crippen molar-refractivity contribution in [2.45, 2.75) is 18.9 Å². The van der Waals surface area contributed by atoms with E-state index in [2.05, 4.69) is 10.2 Å². The van der Waals surface area contributed by atoms with Crippen LogP contribution >= 0.6 is 0 Å². The topological polar surface area (TPSA) is 51.0 Å². The Balaban J connectivity index is 1.64. The van der Waals surface area contributed by atoms with Crippen molar-refractivity contribution in [2.24, 2.45) is 0 Å². The Labute approximate surface area is 120 Å². The number of hydrogen-bond donors (Lipinski definition) is 0. The highest BCUT2D eigenvalue weighted by atomic mass is 19.1. The van der Waals surface area contributed by atoms with Crippen LogP contribution in [0, 0.1) is 11.6 Å². The normalized spacial score (nSPS) is 18.2. The zero-order valence-electron chi connectivity index (χ0n) is 11.2. The average molecular weight is 292 g/mol. The van der Waals surface area contributed by atoms with Crippen LogP contribution in [0.5, 0.6) is 0 Å². The maximum atomic E-state index is 13.6. The molecule has 1 saturated heterocycles. The number of benzene rings is 1. The number of rotatable bonds is 3. The van der Waals surface area contributed by atoms with Gasteiger partial charge in [-0.3, -0.25) is 4.79 Å². The molecule has 0 N–H and O–H groups in total. The van der Waals surface area contributed by atoms with Crippen molar-refractivity contribution < 1.29 is 13.6 Å². The van der Waals surface area contributed by atoms with Gasteiger partial charge in [0.15, 0.2) is 0 Å². The van der Waals surface area contributed by atoms with Gasteiger partial charge in [0.2, 0.25) is 5.91 Å². The standard InChI is InChI=1S/C14H14F2N4O/c15-11-2-1-10(13(16)8-11)7-14(21)19-6-3-12(9-19)20-17-4-5-18-20/h1-2,4-5,8,12H,3,6-7,9H2/t12-/m1/s1. The molecular weight excluding hydrogens is 278 g/mol. The summed E-state index contributed by atoms with van der Waals surface area (Å²) < 4.78 is 26.4. The Morgan fingerprint density at radius 1 is 1.29 bits per heavy atom. The highest BCUT2D eigenvalue weighted by Crippen LogP contribution is 2.21. The SMILES string of the molecule is O=C(Cc1ccc(F)cc1F)N1CC[C@@H](n2nccn2)C1. The van der Waals surface area contributed by atoms with Crippen molar-refractivity contribution in [3.63, 3.8) is 0 Å². The molecule has 1 amide bonds. The van der Waals surface area contributed by atoms with Crippen LogP contribution in [0.15, 0.2) is 30.6 Å². The van der Waals surface area contributed by atoms with Crippen LogP contribution < -0.4 is 0 Å². The number of nitrogens with zero attached hydrogens (tertiary/aromatic N) is 4. The van der Waals surface area contributed by atoms with Gasteiger partial charge in [0.25, 0.3) is 0 Å². The lowest BCUT2D eigenvalue weighted by Crippen LogP contribution is -2.31. The predicted molar refractivity (Wildman–Crippen MR) is 70.3 cm³/mol. The molecule has 5 nitrogen and oxygen atoms in total. The van der Waals surface area contributed by atoms with Crippen molar-refractivity contribution in [1.29, 1.82) is 0 Å². The molecule has 1 aliphatic rings. The van der Waals surface area contributed by atoms with E-state index in [-0.39, 0.29) is 23.9 Å². The van der Waals surface area contributed by atoms with E-state index in [1.165, 1.54) is 6.07 Å². The minimum absolute atomic E-state index is 0.0574. The molecule has 0 aliphatic carbocycles. The Kier molecular flexibility index (Phi) is 3.64. The first kappa shape index (κ1) is 13.7. The molecule has 0 unspecified atom stereocenters. The number of carbonyl (C=O) groups excluding carboxylic acids is 1. The molecule has 0 spiro atoms. The van der Waals surface area contributed by atoms with Crippen LogP contribution in [0.3, 0.4) is 0 Å². The van der Waals surface area contributed by atoms with Gasteiger partial charge in [-0.25, -0.2) is 8.78 Å². The van der Waals surface area contributed by atoms with E-state index in [1.807, 2.05) is 0 Å². The van der Waals surface area contributed by atoms with Gasteiger partial charge < -0.3 is 4.90 Å². The lowest BCUT2D eigenvalue weighted by molar-refractivity contribution is -0.129. The molecule has 1 aliphatic heterocycles. The van der Waals surface area contributed by atoms with Gasteiger partial charge in [-0.15, -0.1) is 0 Å². The summed E-state index contributed by atoms with van der Waals surface area (Å²) in [6.07, 6.45) is 3.90. The van der Waals surface area contributed by atoms with Crippen LogP contribution in [0.4, 0.5) is 8.78 Å². The van der Waals surface area contributed by atoms with Gasteiger partial charge in [-0.05, 0) is 18.1 Å². The quantitative estimate of drug-likeness (QED) is 0.863. The summed E-state index contributed by atoms with van der Waals surface area (Å²) in [6.45, 7) is 1.10. The molecule has 110 valence electrons. The van der Waals surface area contributed by atoms with Crippen molar-refractivity contribution in [3.05, 3.63) is 47.8 Å². The maximum Gasteiger partial charge on any atom is 0.227 e. The molecule has 1 atom stereocenters. The third-order valence-electron chi connectivity index (χ3n) is 3.64. The Morgan fingerprint density at radius 2 is 2.05 bits per heavy atom. The molecule has 1 fully saturated rings. The van der Waals surface area contributed by atoms with Crippen LogP contribution in [0.2, 0.25) is 0 Å². The second-order valence-electron chi connectivity index (χ2n) is 5.04. The smallest absolute Gasteiger partial charge is 0.227 e. The lowest BCUT2D eigenvalue weighted by Gasteiger charge is -2.16. The summed E-state index contributed by atoms with van der Waals surface area (Å²) in [4.78, 5) is 15.4. The summed E-state index contributed by atoms with van der Waals surface area (Å²) in [5, 5.41) is 8.13. The highest BCUT2D eigenvalue weighted by Gasteiger charge is 2.28. The molecular formula is C14H14F2N4O. The summed E-state index contributed by atoms with van der Waals surface area (Å²) in [6, 6.07) is 3.32. The van der Waals surface area contributed by atoms with Gasteiger partial charge in [0, 0.05) is 19.2 Å². The number of carbonyl (C=O) groups is 1. The van der Waals surface area contributed by atoms with E-state index in [9.17, 15) is 13.6 Å². The fourth-order valence-electron chi connectivity index (χ4n) is 2.51. The van der Waals surface area contributed by atoms with Gasteiger partial charge in [0.1, 0.15) is 11.6 Å². The lowest BCUT2D eigenvalue weighted by atomic mass is 10.1. The number of likely N-dealkylation sites (tertiary alicyclic amines) is 1. The molecule has 3 rings (SSSR count). The van der Waals surface area contributed by atoms with Gasteiger partial charge in [0.05, 0.1) is 24.9 Å². The zero-order valence-corrected chi connectivity index (χ0v) is 11.2. The molecule has 7 heteroatoms. The van der Waals surface area contributed by atoms with E-state index in [1.54, 1.807) is 22.1 Å². The summed E-state index contributed by atoms with van der Waals surface area (Å²) in [5.41, 5.74) is 0.210. The first-order chi connectivity index (χ1) is 10.1. The van der Waals surface area contributed by atoms with Crippen molar-refractivity contribution in [2.75, 3.05) is 13.1 Å². The number of hydrogen-bond acceptors (Lipinski definition) is 3. The van der Waals surface area contributed by atoms with Crippen LogP contribution in [0.1, 0.15) is 18.0 Å². The molecule has 0 bridgehead atoms. The van der Waals surface area contributed by atoms with Crippen LogP contribution in [0.25, 0.3) is 0 Å². The summed E-state index contributed by atoms with van der Waals surface area (Å²) in [7, 11) is 0.